The molecule has 2 N–H and O–H groups in total. The van der Waals surface area contributed by atoms with Crippen molar-refractivity contribution in [3.05, 3.63) is 35.7 Å². The first-order valence-corrected chi connectivity index (χ1v) is 8.59. The largest absolute Gasteiger partial charge is 0.444 e. The van der Waals surface area contributed by atoms with E-state index in [9.17, 15) is 9.90 Å². The molecule has 2 heterocycles. The Morgan fingerprint density at radius 2 is 2.16 bits per heavy atom. The van der Waals surface area contributed by atoms with Gasteiger partial charge in [-0.2, -0.15) is 0 Å². The number of carbonyl (C=O) groups excluding carboxylic acids is 1. The number of anilines is 1. The number of aliphatic hydroxyl groups is 1. The van der Waals surface area contributed by atoms with Crippen molar-refractivity contribution in [2.24, 2.45) is 0 Å². The summed E-state index contributed by atoms with van der Waals surface area (Å²) in [5.41, 5.74) is 2.39. The minimum absolute atomic E-state index is 0.176. The van der Waals surface area contributed by atoms with Crippen LogP contribution in [0.3, 0.4) is 0 Å². The molecule has 6 nitrogen and oxygen atoms in total. The summed E-state index contributed by atoms with van der Waals surface area (Å²) in [5, 5.41) is 13.3. The Balaban J connectivity index is 1.81. The Kier molecular flexibility index (Phi) is 4.56. The number of aromatic nitrogens is 1. The molecule has 2 aromatic rings. The fourth-order valence-electron chi connectivity index (χ4n) is 3.31. The normalized spacial score (nSPS) is 17.8. The highest BCUT2D eigenvalue weighted by molar-refractivity contribution is 5.91. The van der Waals surface area contributed by atoms with E-state index in [1.54, 1.807) is 25.0 Å². The van der Waals surface area contributed by atoms with Crippen LogP contribution in [0.25, 0.3) is 11.5 Å². The summed E-state index contributed by atoms with van der Waals surface area (Å²) in [6, 6.07) is 5.36. The Bertz CT molecular complexity index is 776. The quantitative estimate of drug-likeness (QED) is 0.890. The second-order valence-corrected chi connectivity index (χ2v) is 7.26. The monoisotopic (exact) mass is 343 g/mol. The zero-order valence-electron chi connectivity index (χ0n) is 15.2. The fraction of sp³-hybridized carbons (Fsp3) is 0.474. The first-order chi connectivity index (χ1) is 11.8. The van der Waals surface area contributed by atoms with Gasteiger partial charge in [0.25, 0.3) is 0 Å². The van der Waals surface area contributed by atoms with Gasteiger partial charge < -0.3 is 19.7 Å². The molecule has 1 unspecified atom stereocenters. The van der Waals surface area contributed by atoms with Gasteiger partial charge in [0.15, 0.2) is 0 Å². The lowest BCUT2D eigenvalue weighted by Gasteiger charge is -2.33. The van der Waals surface area contributed by atoms with E-state index in [-0.39, 0.29) is 12.1 Å². The number of oxazole rings is 1. The molecule has 0 radical (unpaired) electrons. The third-order valence-corrected chi connectivity index (χ3v) is 4.67. The Morgan fingerprint density at radius 1 is 1.40 bits per heavy atom. The smallest absolute Gasteiger partial charge is 0.322 e. The van der Waals surface area contributed by atoms with Crippen molar-refractivity contribution < 1.29 is 14.3 Å². The third kappa shape index (κ3) is 3.69. The lowest BCUT2D eigenvalue weighted by atomic mass is 9.97. The van der Waals surface area contributed by atoms with Crippen molar-refractivity contribution in [1.82, 2.24) is 9.88 Å². The third-order valence-electron chi connectivity index (χ3n) is 4.67. The number of aryl methyl sites for hydroxylation is 2. The summed E-state index contributed by atoms with van der Waals surface area (Å²) in [4.78, 5) is 18.8. The molecular formula is C19H25N3O3. The van der Waals surface area contributed by atoms with Crippen molar-refractivity contribution in [2.75, 3.05) is 11.9 Å². The molecule has 6 heteroatoms. The molecule has 1 aromatic carbocycles. The molecule has 3 rings (SSSR count). The Morgan fingerprint density at radius 3 is 2.80 bits per heavy atom. The van der Waals surface area contributed by atoms with Crippen LogP contribution >= 0.6 is 0 Å². The van der Waals surface area contributed by atoms with E-state index < -0.39 is 5.60 Å². The van der Waals surface area contributed by atoms with Crippen LogP contribution in [0.4, 0.5) is 10.5 Å². The van der Waals surface area contributed by atoms with Gasteiger partial charge in [0, 0.05) is 17.8 Å². The lowest BCUT2D eigenvalue weighted by molar-refractivity contribution is 0.0117. The molecule has 134 valence electrons. The molecule has 1 aliphatic rings. The summed E-state index contributed by atoms with van der Waals surface area (Å²) in [6.07, 6.45) is 3.31. The minimum Gasteiger partial charge on any atom is -0.444 e. The number of nitrogens with one attached hydrogen (secondary N) is 1. The average molecular weight is 343 g/mol. The number of benzene rings is 1. The first kappa shape index (κ1) is 17.5. The Hall–Kier alpha value is -2.34. The number of likely N-dealkylation sites (tertiary alicyclic amines) is 1. The highest BCUT2D eigenvalue weighted by Gasteiger charge is 2.38. The number of nitrogens with zero attached hydrogens (tertiary/aromatic N) is 2. The molecular weight excluding hydrogens is 318 g/mol. The number of urea groups is 1. The lowest BCUT2D eigenvalue weighted by Crippen LogP contribution is -2.49. The van der Waals surface area contributed by atoms with Gasteiger partial charge in [0.05, 0.1) is 17.3 Å². The Labute approximate surface area is 147 Å². The first-order valence-electron chi connectivity index (χ1n) is 8.59. The van der Waals surface area contributed by atoms with E-state index in [0.717, 1.165) is 35.3 Å². The SMILES string of the molecule is Cc1coc(-c2ccc(C)c(NC(=O)N3CCCC3C(C)(C)O)c2)n1. The molecule has 0 spiro atoms. The number of carbonyl (C=O) groups is 1. The molecule has 1 aliphatic heterocycles. The summed E-state index contributed by atoms with van der Waals surface area (Å²) < 4.78 is 5.44. The van der Waals surface area contributed by atoms with E-state index >= 15 is 0 Å². The molecule has 0 saturated carbocycles. The second-order valence-electron chi connectivity index (χ2n) is 7.26. The van der Waals surface area contributed by atoms with Crippen molar-refractivity contribution >= 4 is 11.7 Å². The minimum atomic E-state index is -0.916. The van der Waals surface area contributed by atoms with Gasteiger partial charge in [-0.3, -0.25) is 0 Å². The van der Waals surface area contributed by atoms with Crippen molar-refractivity contribution in [3.63, 3.8) is 0 Å². The molecule has 2 amide bonds. The summed E-state index contributed by atoms with van der Waals surface area (Å²) >= 11 is 0. The van der Waals surface area contributed by atoms with E-state index in [1.807, 2.05) is 32.0 Å². The fourth-order valence-corrected chi connectivity index (χ4v) is 3.31. The number of amides is 2. The topological polar surface area (TPSA) is 78.6 Å². The molecule has 1 fully saturated rings. The molecule has 1 atom stereocenters. The van der Waals surface area contributed by atoms with Crippen LogP contribution in [0.15, 0.2) is 28.9 Å². The zero-order chi connectivity index (χ0) is 18.2. The van der Waals surface area contributed by atoms with Crippen molar-refractivity contribution in [1.29, 1.82) is 0 Å². The average Bonchev–Trinajstić information content (AvgIpc) is 3.17. The zero-order valence-corrected chi connectivity index (χ0v) is 15.2. The maximum Gasteiger partial charge on any atom is 0.322 e. The van der Waals surface area contributed by atoms with E-state index in [2.05, 4.69) is 10.3 Å². The summed E-state index contributed by atoms with van der Waals surface area (Å²) in [5.74, 6) is 0.531. The van der Waals surface area contributed by atoms with Crippen LogP contribution in [-0.4, -0.2) is 39.2 Å². The van der Waals surface area contributed by atoms with Gasteiger partial charge in [-0.1, -0.05) is 6.07 Å². The molecule has 0 aliphatic carbocycles. The van der Waals surface area contributed by atoms with Crippen LogP contribution in [0.1, 0.15) is 37.9 Å². The number of hydrogen-bond acceptors (Lipinski definition) is 4. The summed E-state index contributed by atoms with van der Waals surface area (Å²) in [6.45, 7) is 7.96. The van der Waals surface area contributed by atoms with Crippen LogP contribution in [0, 0.1) is 13.8 Å². The predicted molar refractivity (Wildman–Crippen MR) is 96.5 cm³/mol. The molecule has 1 aromatic heterocycles. The number of hydrogen-bond donors (Lipinski definition) is 2. The summed E-state index contributed by atoms with van der Waals surface area (Å²) in [7, 11) is 0. The molecule has 1 saturated heterocycles. The van der Waals surface area contributed by atoms with Crippen molar-refractivity contribution in [2.45, 2.75) is 52.2 Å². The van der Waals surface area contributed by atoms with Crippen LogP contribution in [0.5, 0.6) is 0 Å². The van der Waals surface area contributed by atoms with Crippen LogP contribution in [0.2, 0.25) is 0 Å². The highest BCUT2D eigenvalue weighted by atomic mass is 16.3. The van der Waals surface area contributed by atoms with Gasteiger partial charge in [0.2, 0.25) is 5.89 Å². The molecule has 0 bridgehead atoms. The predicted octanol–water partition coefficient (Wildman–Crippen LogP) is 3.73. The van der Waals surface area contributed by atoms with Crippen LogP contribution < -0.4 is 5.32 Å². The van der Waals surface area contributed by atoms with Gasteiger partial charge in [-0.25, -0.2) is 9.78 Å². The number of rotatable bonds is 3. The van der Waals surface area contributed by atoms with Crippen molar-refractivity contribution in [3.8, 4) is 11.5 Å². The van der Waals surface area contributed by atoms with E-state index in [0.29, 0.717) is 12.4 Å². The van der Waals surface area contributed by atoms with Crippen LogP contribution in [-0.2, 0) is 0 Å². The maximum atomic E-state index is 12.7. The van der Waals surface area contributed by atoms with Gasteiger partial charge >= 0.3 is 6.03 Å². The van der Waals surface area contributed by atoms with Gasteiger partial charge in [-0.05, 0) is 58.2 Å². The van der Waals surface area contributed by atoms with E-state index in [1.165, 1.54) is 0 Å². The van der Waals surface area contributed by atoms with Gasteiger partial charge in [-0.15, -0.1) is 0 Å². The van der Waals surface area contributed by atoms with E-state index in [4.69, 9.17) is 4.42 Å². The standard InChI is InChI=1S/C19H25N3O3/c1-12-7-8-14(17-20-13(2)11-25-17)10-15(12)21-18(23)22-9-5-6-16(22)19(3,4)24/h7-8,10-11,16,24H,5-6,9H2,1-4H3,(H,21,23). The van der Waals surface area contributed by atoms with Gasteiger partial charge in [0.1, 0.15) is 6.26 Å². The maximum absolute atomic E-state index is 12.7. The molecule has 25 heavy (non-hydrogen) atoms. The second kappa shape index (κ2) is 6.52. The highest BCUT2D eigenvalue weighted by Crippen LogP contribution is 2.29.